The van der Waals surface area contributed by atoms with Crippen molar-refractivity contribution in [1.82, 2.24) is 19.3 Å². The number of benzene rings is 4. The molecule has 0 N–H and O–H groups in total. The van der Waals surface area contributed by atoms with Gasteiger partial charge in [0.25, 0.3) is 0 Å². The van der Waals surface area contributed by atoms with Crippen LogP contribution in [-0.4, -0.2) is 19.3 Å². The minimum atomic E-state index is 0.670. The summed E-state index contributed by atoms with van der Waals surface area (Å²) in [7, 11) is 0. The Bertz CT molecular complexity index is 2170. The van der Waals surface area contributed by atoms with Crippen LogP contribution in [0.3, 0.4) is 0 Å². The largest absolute Gasteiger partial charge is 0.457 e. The first-order chi connectivity index (χ1) is 22.4. The van der Waals surface area contributed by atoms with Gasteiger partial charge in [0.1, 0.15) is 17.3 Å². The van der Waals surface area contributed by atoms with Crippen molar-refractivity contribution in [3.05, 3.63) is 132 Å². The van der Waals surface area contributed by atoms with E-state index < -0.39 is 0 Å². The topological polar surface area (TPSA) is 44.9 Å². The van der Waals surface area contributed by atoms with E-state index in [1.54, 1.807) is 0 Å². The molecule has 7 rings (SSSR count). The number of hydrogen-bond donors (Lipinski definition) is 0. The van der Waals surface area contributed by atoms with Gasteiger partial charge in [-0.2, -0.15) is 5.10 Å². The molecule has 0 spiro atoms. The maximum atomic E-state index is 6.56. The molecule has 3 aromatic heterocycles. The highest BCUT2D eigenvalue weighted by Crippen LogP contribution is 2.36. The third-order valence-electron chi connectivity index (χ3n) is 8.91. The van der Waals surface area contributed by atoms with Gasteiger partial charge in [-0.05, 0) is 104 Å². The van der Waals surface area contributed by atoms with E-state index in [1.165, 1.54) is 39.4 Å². The molecule has 0 radical (unpaired) electrons. The molecule has 4 aromatic carbocycles. The number of ether oxygens (including phenoxy) is 1. The molecule has 5 heteroatoms. The number of nitrogens with zero attached hydrogens (tertiary/aromatic N) is 4. The predicted molar refractivity (Wildman–Crippen MR) is 190 cm³/mol. The molecule has 0 amide bonds. The van der Waals surface area contributed by atoms with Gasteiger partial charge in [0.05, 0.1) is 22.4 Å². The number of aromatic nitrogens is 4. The minimum absolute atomic E-state index is 0.670. The van der Waals surface area contributed by atoms with Crippen LogP contribution >= 0.6 is 0 Å². The summed E-state index contributed by atoms with van der Waals surface area (Å²) in [4.78, 5) is 4.82. The molecule has 46 heavy (non-hydrogen) atoms. The molecule has 0 aliphatic heterocycles. The smallest absolute Gasteiger partial charge is 0.137 e. The van der Waals surface area contributed by atoms with Crippen molar-refractivity contribution in [3.63, 3.8) is 0 Å². The summed E-state index contributed by atoms with van der Waals surface area (Å²) >= 11 is 0. The maximum Gasteiger partial charge on any atom is 0.137 e. The van der Waals surface area contributed by atoms with Crippen LogP contribution in [0.25, 0.3) is 44.4 Å². The van der Waals surface area contributed by atoms with E-state index in [9.17, 15) is 0 Å². The van der Waals surface area contributed by atoms with Gasteiger partial charge < -0.3 is 4.74 Å². The zero-order chi connectivity index (χ0) is 31.8. The van der Waals surface area contributed by atoms with Crippen molar-refractivity contribution in [1.29, 1.82) is 0 Å². The Hall–Kier alpha value is -5.16. The molecule has 0 aliphatic carbocycles. The molecule has 0 unspecified atom stereocenters. The number of pyridine rings is 1. The second kappa shape index (κ2) is 12.3. The second-order valence-electron chi connectivity index (χ2n) is 12.6. The fourth-order valence-corrected chi connectivity index (χ4v) is 6.50. The van der Waals surface area contributed by atoms with Crippen LogP contribution < -0.4 is 4.74 Å². The molecule has 7 aromatic rings. The van der Waals surface area contributed by atoms with E-state index in [-0.39, 0.29) is 0 Å². The molecule has 0 bridgehead atoms. The summed E-state index contributed by atoms with van der Waals surface area (Å²) in [5, 5.41) is 7.35. The molecule has 0 saturated carbocycles. The Kier molecular flexibility index (Phi) is 7.91. The molecule has 0 fully saturated rings. The molecular formula is C41H40N4O. The molecular weight excluding hydrogens is 564 g/mol. The number of hydrogen-bond acceptors (Lipinski definition) is 3. The first-order valence-corrected chi connectivity index (χ1v) is 16.3. The lowest BCUT2D eigenvalue weighted by Gasteiger charge is -2.11. The lowest BCUT2D eigenvalue weighted by Crippen LogP contribution is -2.00. The Morgan fingerprint density at radius 1 is 0.739 bits per heavy atom. The monoisotopic (exact) mass is 604 g/mol. The van der Waals surface area contributed by atoms with Crippen LogP contribution in [-0.2, 0) is 12.8 Å². The minimum Gasteiger partial charge on any atom is -0.457 e. The Morgan fingerprint density at radius 2 is 1.57 bits per heavy atom. The van der Waals surface area contributed by atoms with Gasteiger partial charge in [-0.15, -0.1) is 0 Å². The van der Waals surface area contributed by atoms with Crippen LogP contribution in [0.4, 0.5) is 0 Å². The molecule has 5 nitrogen and oxygen atoms in total. The van der Waals surface area contributed by atoms with Crippen LogP contribution in [0.5, 0.6) is 11.5 Å². The van der Waals surface area contributed by atoms with E-state index in [2.05, 4.69) is 124 Å². The van der Waals surface area contributed by atoms with Gasteiger partial charge in [0, 0.05) is 40.4 Å². The number of fused-ring (bicyclic) bond motifs is 3. The van der Waals surface area contributed by atoms with Crippen molar-refractivity contribution in [2.24, 2.45) is 5.92 Å². The van der Waals surface area contributed by atoms with E-state index in [4.69, 9.17) is 14.8 Å². The van der Waals surface area contributed by atoms with Crippen molar-refractivity contribution < 1.29 is 4.74 Å². The first-order valence-electron chi connectivity index (χ1n) is 16.3. The molecule has 0 aliphatic rings. The van der Waals surface area contributed by atoms with Crippen LogP contribution in [0.1, 0.15) is 49.7 Å². The van der Waals surface area contributed by atoms with Gasteiger partial charge in [0.2, 0.25) is 0 Å². The predicted octanol–water partition coefficient (Wildman–Crippen LogP) is 10.6. The van der Waals surface area contributed by atoms with Crippen LogP contribution in [0, 0.1) is 19.8 Å². The first kappa shape index (κ1) is 29.5. The highest BCUT2D eigenvalue weighted by Gasteiger charge is 2.17. The van der Waals surface area contributed by atoms with E-state index >= 15 is 0 Å². The summed E-state index contributed by atoms with van der Waals surface area (Å²) in [6, 6.07) is 36.2. The standard InChI is InChI=1S/C41H40N4O/c1-6-30-21-22-42-40(24-30)44-38-20-17-31(16-15-27(2)3)23-37(38)36-19-18-35(26-39(36)44)46-34-14-10-13-33(25-34)45-29(5)41(28(4)43-45)32-11-8-7-9-12-32/h7-14,17-27H,6,15-16H2,1-5H3. The summed E-state index contributed by atoms with van der Waals surface area (Å²) in [5.74, 6) is 3.13. The molecule has 0 atom stereocenters. The lowest BCUT2D eigenvalue weighted by atomic mass is 10.0. The zero-order valence-corrected chi connectivity index (χ0v) is 27.3. The normalized spacial score (nSPS) is 11.6. The lowest BCUT2D eigenvalue weighted by molar-refractivity contribution is 0.482. The second-order valence-corrected chi connectivity index (χ2v) is 12.6. The van der Waals surface area contributed by atoms with Crippen molar-refractivity contribution in [3.8, 4) is 34.1 Å². The summed E-state index contributed by atoms with van der Waals surface area (Å²) < 4.78 is 10.8. The maximum absolute atomic E-state index is 6.56. The van der Waals surface area contributed by atoms with Crippen LogP contribution in [0.15, 0.2) is 109 Å². The van der Waals surface area contributed by atoms with Gasteiger partial charge >= 0.3 is 0 Å². The van der Waals surface area contributed by atoms with Crippen molar-refractivity contribution >= 4 is 21.8 Å². The third-order valence-corrected chi connectivity index (χ3v) is 8.91. The Balaban J connectivity index is 1.29. The molecule has 230 valence electrons. The van der Waals surface area contributed by atoms with E-state index in [0.29, 0.717) is 5.92 Å². The van der Waals surface area contributed by atoms with Crippen molar-refractivity contribution in [2.45, 2.75) is 53.9 Å². The van der Waals surface area contributed by atoms with Gasteiger partial charge in [-0.1, -0.05) is 63.2 Å². The quantitative estimate of drug-likeness (QED) is 0.165. The van der Waals surface area contributed by atoms with Gasteiger partial charge in [-0.25, -0.2) is 9.67 Å². The highest BCUT2D eigenvalue weighted by molar-refractivity contribution is 6.09. The molecule has 3 heterocycles. The highest BCUT2D eigenvalue weighted by atomic mass is 16.5. The van der Waals surface area contributed by atoms with Gasteiger partial charge in [0.15, 0.2) is 0 Å². The van der Waals surface area contributed by atoms with E-state index in [1.807, 2.05) is 29.1 Å². The summed E-state index contributed by atoms with van der Waals surface area (Å²) in [6.07, 6.45) is 5.12. The Morgan fingerprint density at radius 3 is 2.37 bits per heavy atom. The number of aryl methyl sites for hydroxylation is 3. The summed E-state index contributed by atoms with van der Waals surface area (Å²) in [6.45, 7) is 10.9. The van der Waals surface area contributed by atoms with Crippen LogP contribution in [0.2, 0.25) is 0 Å². The third kappa shape index (κ3) is 5.58. The molecule has 0 saturated heterocycles. The SMILES string of the molecule is CCc1ccnc(-n2c3ccc(CCC(C)C)cc3c3ccc(Oc4cccc(-n5nc(C)c(-c6ccccc6)c5C)c4)cc32)c1. The summed E-state index contributed by atoms with van der Waals surface area (Å²) in [5.41, 5.74) is 10.3. The fourth-order valence-electron chi connectivity index (χ4n) is 6.50. The average molecular weight is 605 g/mol. The number of rotatable bonds is 9. The van der Waals surface area contributed by atoms with E-state index in [0.717, 1.165) is 58.3 Å². The zero-order valence-electron chi connectivity index (χ0n) is 27.3. The fraction of sp³-hybridized carbons (Fsp3) is 0.220. The van der Waals surface area contributed by atoms with Gasteiger partial charge in [-0.3, -0.25) is 4.57 Å². The Labute approximate surface area is 271 Å². The van der Waals surface area contributed by atoms with Crippen molar-refractivity contribution in [2.75, 3.05) is 0 Å². The average Bonchev–Trinajstić information content (AvgIpc) is 3.56.